The lowest BCUT2D eigenvalue weighted by molar-refractivity contribution is -0.122. The van der Waals surface area contributed by atoms with Crippen LogP contribution in [0.15, 0.2) is 37.2 Å². The molecule has 17 heavy (non-hydrogen) atoms. The third-order valence-electron chi connectivity index (χ3n) is 2.75. The zero-order valence-corrected chi connectivity index (χ0v) is 10.3. The van der Waals surface area contributed by atoms with Crippen molar-refractivity contribution in [2.75, 3.05) is 12.3 Å². The molecule has 0 bridgehead atoms. The summed E-state index contributed by atoms with van der Waals surface area (Å²) in [5.41, 5.74) is 6.51. The molecule has 2 N–H and O–H groups in total. The van der Waals surface area contributed by atoms with Crippen LogP contribution in [0.3, 0.4) is 0 Å². The van der Waals surface area contributed by atoms with Gasteiger partial charge in [0.15, 0.2) is 0 Å². The molecule has 0 aliphatic carbocycles. The molecule has 0 radical (unpaired) electrons. The molecule has 0 spiro atoms. The van der Waals surface area contributed by atoms with Gasteiger partial charge in [0.05, 0.1) is 11.4 Å². The Morgan fingerprint density at radius 3 is 3.18 bits per heavy atom. The fraction of sp³-hybridized carbons (Fsp3) is 0.333. The van der Waals surface area contributed by atoms with E-state index in [0.717, 1.165) is 11.3 Å². The zero-order chi connectivity index (χ0) is 12.3. The average Bonchev–Trinajstić information content (AvgIpc) is 2.75. The lowest BCUT2D eigenvalue weighted by Gasteiger charge is -2.26. The highest BCUT2D eigenvalue weighted by atomic mass is 32.2. The fourth-order valence-corrected chi connectivity index (χ4v) is 3.44. The van der Waals surface area contributed by atoms with Crippen LogP contribution in [-0.4, -0.2) is 34.1 Å². The van der Waals surface area contributed by atoms with Gasteiger partial charge < -0.3 is 5.73 Å². The Labute approximate surface area is 105 Å². The number of pyridine rings is 1. The summed E-state index contributed by atoms with van der Waals surface area (Å²) >= 11 is 1.72. The van der Waals surface area contributed by atoms with Crippen LogP contribution in [-0.2, 0) is 4.79 Å². The van der Waals surface area contributed by atoms with Crippen molar-refractivity contribution in [2.45, 2.75) is 11.4 Å². The van der Waals surface area contributed by atoms with Gasteiger partial charge in [0.25, 0.3) is 0 Å². The highest BCUT2D eigenvalue weighted by molar-refractivity contribution is 7.99. The maximum absolute atomic E-state index is 11.4. The zero-order valence-electron chi connectivity index (χ0n) is 9.45. The molecule has 0 saturated carbocycles. The molecular weight excluding hydrogens is 234 g/mol. The van der Waals surface area contributed by atoms with Crippen LogP contribution in [0.25, 0.3) is 0 Å². The van der Waals surface area contributed by atoms with Crippen molar-refractivity contribution in [2.24, 2.45) is 5.73 Å². The van der Waals surface area contributed by atoms with Gasteiger partial charge in [-0.3, -0.25) is 14.7 Å². The Morgan fingerprint density at radius 2 is 2.59 bits per heavy atom. The molecule has 1 amide bonds. The van der Waals surface area contributed by atoms with E-state index >= 15 is 0 Å². The highest BCUT2D eigenvalue weighted by Gasteiger charge is 2.37. The van der Waals surface area contributed by atoms with Crippen LogP contribution < -0.4 is 5.73 Å². The van der Waals surface area contributed by atoms with Crippen LogP contribution in [0, 0.1) is 0 Å². The first-order chi connectivity index (χ1) is 8.24. The van der Waals surface area contributed by atoms with E-state index in [1.54, 1.807) is 24.0 Å². The normalized spacial score (nSPS) is 24.7. The Morgan fingerprint density at radius 1 is 1.76 bits per heavy atom. The first-order valence-corrected chi connectivity index (χ1v) is 6.46. The number of thioether (sulfide) groups is 1. The molecule has 2 unspecified atom stereocenters. The number of amides is 1. The second kappa shape index (κ2) is 5.33. The van der Waals surface area contributed by atoms with Crippen molar-refractivity contribution in [1.82, 2.24) is 9.88 Å². The van der Waals surface area contributed by atoms with E-state index < -0.39 is 0 Å². The summed E-state index contributed by atoms with van der Waals surface area (Å²) in [4.78, 5) is 17.6. The number of nitrogens with two attached hydrogens (primary N) is 1. The molecule has 5 heteroatoms. The van der Waals surface area contributed by atoms with Crippen LogP contribution in [0.4, 0.5) is 0 Å². The van der Waals surface area contributed by atoms with Crippen LogP contribution >= 0.6 is 11.8 Å². The van der Waals surface area contributed by atoms with Gasteiger partial charge in [-0.2, -0.15) is 0 Å². The number of aromatic nitrogens is 1. The highest BCUT2D eigenvalue weighted by Crippen LogP contribution is 2.40. The molecule has 2 rings (SSSR count). The molecule has 90 valence electrons. The number of carbonyl (C=O) groups excluding carboxylic acids is 1. The predicted octanol–water partition coefficient (Wildman–Crippen LogP) is 1.17. The topological polar surface area (TPSA) is 59.2 Å². The van der Waals surface area contributed by atoms with Gasteiger partial charge in [-0.05, 0) is 11.6 Å². The van der Waals surface area contributed by atoms with Crippen LogP contribution in [0.1, 0.15) is 10.9 Å². The minimum atomic E-state index is -0.272. The van der Waals surface area contributed by atoms with E-state index in [9.17, 15) is 4.79 Å². The molecule has 2 heterocycles. The second-order valence-electron chi connectivity index (χ2n) is 3.88. The summed E-state index contributed by atoms with van der Waals surface area (Å²) in [6.45, 7) is 4.38. The third-order valence-corrected chi connectivity index (χ3v) is 4.12. The quantitative estimate of drug-likeness (QED) is 0.814. The van der Waals surface area contributed by atoms with Gasteiger partial charge in [0.1, 0.15) is 0 Å². The number of rotatable bonds is 4. The van der Waals surface area contributed by atoms with Crippen molar-refractivity contribution in [3.63, 3.8) is 0 Å². The lowest BCUT2D eigenvalue weighted by Crippen LogP contribution is -2.42. The van der Waals surface area contributed by atoms with Gasteiger partial charge in [0.2, 0.25) is 5.91 Å². The van der Waals surface area contributed by atoms with Crippen molar-refractivity contribution in [3.8, 4) is 0 Å². The molecular formula is C12H15N3OS. The molecule has 1 saturated heterocycles. The molecule has 1 aliphatic heterocycles. The van der Waals surface area contributed by atoms with E-state index in [0.29, 0.717) is 6.54 Å². The van der Waals surface area contributed by atoms with E-state index in [4.69, 9.17) is 5.73 Å². The summed E-state index contributed by atoms with van der Waals surface area (Å²) in [7, 11) is 0. The van der Waals surface area contributed by atoms with E-state index in [1.807, 2.05) is 18.3 Å². The first kappa shape index (κ1) is 12.1. The Balaban J connectivity index is 2.23. The SMILES string of the molecule is C=CCN1C(C(N)=O)CSC1c1cccnc1. The summed E-state index contributed by atoms with van der Waals surface area (Å²) in [6, 6.07) is 3.70. The summed E-state index contributed by atoms with van der Waals surface area (Å²) in [6.07, 6.45) is 5.37. The Hall–Kier alpha value is -1.33. The third kappa shape index (κ3) is 2.50. The van der Waals surface area contributed by atoms with E-state index in [-0.39, 0.29) is 17.3 Å². The largest absolute Gasteiger partial charge is 0.368 e. The van der Waals surface area contributed by atoms with Gasteiger partial charge in [-0.15, -0.1) is 18.3 Å². The fourth-order valence-electron chi connectivity index (χ4n) is 1.96. The minimum Gasteiger partial charge on any atom is -0.368 e. The number of primary amides is 1. The first-order valence-electron chi connectivity index (χ1n) is 5.41. The second-order valence-corrected chi connectivity index (χ2v) is 4.99. The van der Waals surface area contributed by atoms with Crippen molar-refractivity contribution in [1.29, 1.82) is 0 Å². The number of hydrogen-bond donors (Lipinski definition) is 1. The van der Waals surface area contributed by atoms with Gasteiger partial charge in [0, 0.05) is 24.7 Å². The molecule has 1 fully saturated rings. The smallest absolute Gasteiger partial charge is 0.235 e. The summed E-state index contributed by atoms with van der Waals surface area (Å²) in [5, 5.41) is 0.138. The number of nitrogens with zero attached hydrogens (tertiary/aromatic N) is 2. The summed E-state index contributed by atoms with van der Waals surface area (Å²) < 4.78 is 0. The average molecular weight is 249 g/mol. The molecule has 2 atom stereocenters. The predicted molar refractivity (Wildman–Crippen MR) is 69.3 cm³/mol. The van der Waals surface area contributed by atoms with Gasteiger partial charge >= 0.3 is 0 Å². The van der Waals surface area contributed by atoms with Crippen molar-refractivity contribution >= 4 is 17.7 Å². The Bertz CT molecular complexity index is 409. The monoisotopic (exact) mass is 249 g/mol. The number of hydrogen-bond acceptors (Lipinski definition) is 4. The minimum absolute atomic E-state index is 0.138. The standard InChI is InChI=1S/C12H15N3OS/c1-2-6-15-10(11(13)16)8-17-12(15)9-4-3-5-14-7-9/h2-5,7,10,12H,1,6,8H2,(H2,13,16). The molecule has 0 aromatic carbocycles. The molecule has 1 aromatic rings. The van der Waals surface area contributed by atoms with Crippen molar-refractivity contribution < 1.29 is 4.79 Å². The lowest BCUT2D eigenvalue weighted by atomic mass is 10.2. The molecule has 1 aromatic heterocycles. The molecule has 4 nitrogen and oxygen atoms in total. The van der Waals surface area contributed by atoms with Gasteiger partial charge in [-0.25, -0.2) is 0 Å². The van der Waals surface area contributed by atoms with E-state index in [1.165, 1.54) is 0 Å². The van der Waals surface area contributed by atoms with Crippen molar-refractivity contribution in [3.05, 3.63) is 42.7 Å². The summed E-state index contributed by atoms with van der Waals surface area (Å²) in [5.74, 6) is 0.452. The number of carbonyl (C=O) groups is 1. The maximum atomic E-state index is 11.4. The van der Waals surface area contributed by atoms with E-state index in [2.05, 4.69) is 16.5 Å². The Kier molecular flexibility index (Phi) is 3.81. The van der Waals surface area contributed by atoms with Crippen LogP contribution in [0.5, 0.6) is 0 Å². The van der Waals surface area contributed by atoms with Gasteiger partial charge in [-0.1, -0.05) is 12.1 Å². The molecule has 1 aliphatic rings. The van der Waals surface area contributed by atoms with Crippen LogP contribution in [0.2, 0.25) is 0 Å². The maximum Gasteiger partial charge on any atom is 0.235 e.